The highest BCUT2D eigenvalue weighted by Gasteiger charge is 2.20. The van der Waals surface area contributed by atoms with E-state index in [1.54, 1.807) is 17.0 Å². The molecule has 3 rings (SSSR count). The van der Waals surface area contributed by atoms with Gasteiger partial charge in [0.05, 0.1) is 17.4 Å². The fourth-order valence-electron chi connectivity index (χ4n) is 3.04. The number of aryl methyl sites for hydroxylation is 3. The molecule has 3 aromatic rings. The first-order valence-corrected chi connectivity index (χ1v) is 9.35. The molecule has 28 heavy (non-hydrogen) atoms. The maximum Gasteiger partial charge on any atom is 0.419 e. The minimum absolute atomic E-state index is 0.400. The van der Waals surface area contributed by atoms with Crippen molar-refractivity contribution in [2.24, 2.45) is 5.10 Å². The van der Waals surface area contributed by atoms with Gasteiger partial charge in [0.25, 0.3) is 0 Å². The third-order valence-corrected chi connectivity index (χ3v) is 4.35. The fraction of sp³-hybridized carbons (Fsp3) is 0.304. The SMILES string of the molecule is Cc1ccc(N/N=C/c2cn(C(=O)OC(C)(C)C)c3ccc(C)cc23)c(C)c1. The number of nitrogens with zero attached hydrogens (tertiary/aromatic N) is 2. The van der Waals surface area contributed by atoms with Gasteiger partial charge in [-0.1, -0.05) is 29.3 Å². The molecule has 1 aromatic heterocycles. The van der Waals surface area contributed by atoms with Gasteiger partial charge < -0.3 is 4.74 Å². The number of ether oxygens (including phenoxy) is 1. The Kier molecular flexibility index (Phi) is 5.27. The van der Waals surface area contributed by atoms with Crippen LogP contribution in [0.5, 0.6) is 0 Å². The quantitative estimate of drug-likeness (QED) is 0.464. The molecule has 1 N–H and O–H groups in total. The Bertz CT molecular complexity index is 1060. The van der Waals surface area contributed by atoms with Crippen LogP contribution in [0, 0.1) is 20.8 Å². The second-order valence-electron chi connectivity index (χ2n) is 8.14. The zero-order valence-corrected chi connectivity index (χ0v) is 17.3. The summed E-state index contributed by atoms with van der Waals surface area (Å²) in [7, 11) is 0. The summed E-state index contributed by atoms with van der Waals surface area (Å²) in [5.74, 6) is 0. The van der Waals surface area contributed by atoms with Gasteiger partial charge in [-0.25, -0.2) is 4.79 Å². The van der Waals surface area contributed by atoms with Crippen molar-refractivity contribution in [2.45, 2.75) is 47.1 Å². The number of rotatable bonds is 3. The maximum absolute atomic E-state index is 12.6. The summed E-state index contributed by atoms with van der Waals surface area (Å²) < 4.78 is 7.08. The lowest BCUT2D eigenvalue weighted by Gasteiger charge is -2.19. The topological polar surface area (TPSA) is 55.6 Å². The number of carbonyl (C=O) groups is 1. The molecular weight excluding hydrogens is 350 g/mol. The number of hydrogen-bond acceptors (Lipinski definition) is 4. The molecule has 2 aromatic carbocycles. The molecule has 146 valence electrons. The van der Waals surface area contributed by atoms with E-state index >= 15 is 0 Å². The third-order valence-electron chi connectivity index (χ3n) is 4.35. The Morgan fingerprint density at radius 1 is 1.07 bits per heavy atom. The summed E-state index contributed by atoms with van der Waals surface area (Å²) in [5.41, 5.74) is 8.59. The molecular formula is C23H27N3O2. The summed E-state index contributed by atoms with van der Waals surface area (Å²) in [6.45, 7) is 11.7. The average Bonchev–Trinajstić information content (AvgIpc) is 2.93. The smallest absolute Gasteiger partial charge is 0.419 e. The largest absolute Gasteiger partial charge is 0.443 e. The van der Waals surface area contributed by atoms with Crippen LogP contribution in [-0.4, -0.2) is 22.5 Å². The van der Waals surface area contributed by atoms with Crippen molar-refractivity contribution in [1.82, 2.24) is 4.57 Å². The highest BCUT2D eigenvalue weighted by Crippen LogP contribution is 2.23. The molecule has 0 radical (unpaired) electrons. The fourth-order valence-corrected chi connectivity index (χ4v) is 3.04. The molecule has 0 aliphatic carbocycles. The van der Waals surface area contributed by atoms with E-state index < -0.39 is 11.7 Å². The lowest BCUT2D eigenvalue weighted by atomic mass is 10.1. The van der Waals surface area contributed by atoms with E-state index in [0.29, 0.717) is 0 Å². The molecule has 1 heterocycles. The minimum Gasteiger partial charge on any atom is -0.443 e. The van der Waals surface area contributed by atoms with Crippen LogP contribution in [0.25, 0.3) is 10.9 Å². The van der Waals surface area contributed by atoms with Crippen molar-refractivity contribution in [3.8, 4) is 0 Å². The van der Waals surface area contributed by atoms with Gasteiger partial charge >= 0.3 is 6.09 Å². The molecule has 0 saturated heterocycles. The van der Waals surface area contributed by atoms with Crippen molar-refractivity contribution in [3.05, 3.63) is 64.8 Å². The third kappa shape index (κ3) is 4.42. The zero-order valence-electron chi connectivity index (χ0n) is 17.3. The van der Waals surface area contributed by atoms with Gasteiger partial charge in [0.2, 0.25) is 0 Å². The number of benzene rings is 2. The van der Waals surface area contributed by atoms with E-state index in [0.717, 1.165) is 33.3 Å². The highest BCUT2D eigenvalue weighted by atomic mass is 16.6. The molecule has 0 fully saturated rings. The summed E-state index contributed by atoms with van der Waals surface area (Å²) in [5, 5.41) is 5.34. The second kappa shape index (κ2) is 7.50. The van der Waals surface area contributed by atoms with Gasteiger partial charge in [-0.15, -0.1) is 0 Å². The van der Waals surface area contributed by atoms with E-state index in [1.807, 2.05) is 58.9 Å². The van der Waals surface area contributed by atoms with Crippen LogP contribution in [0.2, 0.25) is 0 Å². The summed E-state index contributed by atoms with van der Waals surface area (Å²) >= 11 is 0. The Labute approximate surface area is 166 Å². The molecule has 0 saturated carbocycles. The van der Waals surface area contributed by atoms with Gasteiger partial charge in [0.1, 0.15) is 5.60 Å². The zero-order chi connectivity index (χ0) is 20.5. The first kappa shape index (κ1) is 19.7. The Balaban J connectivity index is 1.94. The van der Waals surface area contributed by atoms with Gasteiger partial charge in [0.15, 0.2) is 0 Å². The van der Waals surface area contributed by atoms with Gasteiger partial charge in [-0.3, -0.25) is 9.99 Å². The predicted octanol–water partition coefficient (Wildman–Crippen LogP) is 5.80. The summed E-state index contributed by atoms with van der Waals surface area (Å²) in [6.07, 6.45) is 3.11. The Morgan fingerprint density at radius 2 is 1.75 bits per heavy atom. The van der Waals surface area contributed by atoms with Crippen molar-refractivity contribution >= 4 is 28.9 Å². The number of aromatic nitrogens is 1. The lowest BCUT2D eigenvalue weighted by Crippen LogP contribution is -2.26. The predicted molar refractivity (Wildman–Crippen MR) is 115 cm³/mol. The molecule has 0 aliphatic rings. The van der Waals surface area contributed by atoms with Crippen molar-refractivity contribution in [3.63, 3.8) is 0 Å². The lowest BCUT2D eigenvalue weighted by molar-refractivity contribution is 0.0544. The Hall–Kier alpha value is -3.08. The number of hydrogen-bond donors (Lipinski definition) is 1. The molecule has 5 nitrogen and oxygen atoms in total. The molecule has 0 spiro atoms. The van der Waals surface area contributed by atoms with E-state index in [-0.39, 0.29) is 0 Å². The van der Waals surface area contributed by atoms with Crippen LogP contribution >= 0.6 is 0 Å². The van der Waals surface area contributed by atoms with Crippen molar-refractivity contribution in [1.29, 1.82) is 0 Å². The average molecular weight is 377 g/mol. The van der Waals surface area contributed by atoms with Crippen LogP contribution in [0.1, 0.15) is 43.0 Å². The normalized spacial score (nSPS) is 11.9. The summed E-state index contributed by atoms with van der Waals surface area (Å²) in [4.78, 5) is 12.6. The standard InChI is InChI=1S/C23H27N3O2/c1-15-7-9-20(17(3)11-15)25-24-13-18-14-26(22(27)28-23(4,5)6)21-10-8-16(2)12-19(18)21/h7-14,25H,1-6H3/b24-13+. The summed E-state index contributed by atoms with van der Waals surface area (Å²) in [6, 6.07) is 12.1. The number of fused-ring (bicyclic) bond motifs is 1. The van der Waals surface area contributed by atoms with Gasteiger partial charge in [-0.05, 0) is 65.3 Å². The van der Waals surface area contributed by atoms with Gasteiger partial charge in [-0.2, -0.15) is 5.10 Å². The number of carbonyl (C=O) groups excluding carboxylic acids is 1. The van der Waals surface area contributed by atoms with Gasteiger partial charge in [0, 0.05) is 17.1 Å². The van der Waals surface area contributed by atoms with Crippen LogP contribution in [0.15, 0.2) is 47.7 Å². The molecule has 0 amide bonds. The molecule has 0 atom stereocenters. The minimum atomic E-state index is -0.558. The maximum atomic E-state index is 12.6. The van der Waals surface area contributed by atoms with Crippen LogP contribution < -0.4 is 5.43 Å². The monoisotopic (exact) mass is 377 g/mol. The molecule has 0 bridgehead atoms. The second-order valence-corrected chi connectivity index (χ2v) is 8.14. The molecule has 0 aliphatic heterocycles. The number of nitrogens with one attached hydrogen (secondary N) is 1. The van der Waals surface area contributed by atoms with E-state index in [4.69, 9.17) is 4.74 Å². The van der Waals surface area contributed by atoms with E-state index in [9.17, 15) is 4.79 Å². The van der Waals surface area contributed by atoms with Crippen LogP contribution in [0.4, 0.5) is 10.5 Å². The Morgan fingerprint density at radius 3 is 2.43 bits per heavy atom. The number of anilines is 1. The first-order valence-electron chi connectivity index (χ1n) is 9.35. The highest BCUT2D eigenvalue weighted by molar-refractivity contribution is 6.03. The molecule has 0 unspecified atom stereocenters. The number of hydrazone groups is 1. The van der Waals surface area contributed by atoms with Crippen molar-refractivity contribution < 1.29 is 9.53 Å². The van der Waals surface area contributed by atoms with E-state index in [2.05, 4.69) is 29.6 Å². The van der Waals surface area contributed by atoms with Crippen molar-refractivity contribution in [2.75, 3.05) is 5.43 Å². The van der Waals surface area contributed by atoms with E-state index in [1.165, 1.54) is 5.56 Å². The molecule has 5 heteroatoms. The van der Waals surface area contributed by atoms with Crippen LogP contribution in [0.3, 0.4) is 0 Å². The van der Waals surface area contributed by atoms with Crippen LogP contribution in [-0.2, 0) is 4.74 Å². The first-order chi connectivity index (χ1) is 13.1.